The van der Waals surface area contributed by atoms with Crippen LogP contribution in [0.3, 0.4) is 0 Å². The summed E-state index contributed by atoms with van der Waals surface area (Å²) >= 11 is 0. The maximum Gasteiger partial charge on any atom is 0.286 e. The molecule has 0 aliphatic rings. The number of ether oxygens (including phenoxy) is 2. The van der Waals surface area contributed by atoms with Crippen LogP contribution in [-0.4, -0.2) is 50.6 Å². The van der Waals surface area contributed by atoms with E-state index in [2.05, 4.69) is 5.32 Å². The van der Waals surface area contributed by atoms with E-state index < -0.39 is 10.8 Å². The number of hydrogen-bond acceptors (Lipinski definition) is 6. The van der Waals surface area contributed by atoms with Gasteiger partial charge in [-0.15, -0.1) is 0 Å². The molecule has 0 saturated carbocycles. The molecule has 0 spiro atoms. The fraction of sp³-hybridized carbons (Fsp3) is 0.261. The van der Waals surface area contributed by atoms with E-state index in [-0.39, 0.29) is 35.3 Å². The summed E-state index contributed by atoms with van der Waals surface area (Å²) < 4.78 is 10.3. The summed E-state index contributed by atoms with van der Waals surface area (Å²) in [7, 11) is 6.65. The number of amides is 1. The number of nitrogens with zero attached hydrogens (tertiary/aromatic N) is 2. The van der Waals surface area contributed by atoms with Crippen molar-refractivity contribution in [2.24, 2.45) is 0 Å². The lowest BCUT2D eigenvalue weighted by atomic mass is 9.98. The van der Waals surface area contributed by atoms with Crippen molar-refractivity contribution in [1.29, 1.82) is 0 Å². The topological polar surface area (TPSA) is 93.9 Å². The summed E-state index contributed by atoms with van der Waals surface area (Å²) in [5.41, 5.74) is 0.630. The third kappa shape index (κ3) is 4.59. The number of carbonyl (C=O) groups is 1. The Bertz CT molecular complexity index is 1110. The third-order valence-corrected chi connectivity index (χ3v) is 5.20. The van der Waals surface area contributed by atoms with E-state index in [1.54, 1.807) is 0 Å². The number of carbonyl (C=O) groups excluding carboxylic acids is 1. The molecule has 0 aliphatic heterocycles. The zero-order valence-electron chi connectivity index (χ0n) is 17.9. The first-order valence-corrected chi connectivity index (χ1v) is 9.70. The van der Waals surface area contributed by atoms with E-state index in [4.69, 9.17) is 9.47 Å². The normalized spacial score (nSPS) is 11.9. The van der Waals surface area contributed by atoms with E-state index in [0.717, 1.165) is 16.3 Å². The Labute approximate surface area is 180 Å². The molecule has 1 N–H and O–H groups in total. The Balaban J connectivity index is 1.91. The van der Waals surface area contributed by atoms with Gasteiger partial charge in [-0.2, -0.15) is 0 Å². The zero-order chi connectivity index (χ0) is 22.5. The molecule has 31 heavy (non-hydrogen) atoms. The van der Waals surface area contributed by atoms with Gasteiger partial charge in [-0.25, -0.2) is 0 Å². The predicted octanol–water partition coefficient (Wildman–Crippen LogP) is 3.80. The molecule has 0 aromatic heterocycles. The molecule has 0 aliphatic carbocycles. The first kappa shape index (κ1) is 22.0. The minimum Gasteiger partial charge on any atom is -0.493 e. The summed E-state index contributed by atoms with van der Waals surface area (Å²) in [4.78, 5) is 25.9. The highest BCUT2D eigenvalue weighted by Crippen LogP contribution is 2.34. The molecule has 0 heterocycles. The average Bonchev–Trinajstić information content (AvgIpc) is 2.77. The number of nitrogens with one attached hydrogen (secondary N) is 1. The number of nitro benzene ring substituents is 1. The lowest BCUT2D eigenvalue weighted by molar-refractivity contribution is -0.385. The zero-order valence-corrected chi connectivity index (χ0v) is 17.9. The standard InChI is InChI=1S/C23H25N3O5/c1-25(2)20(17-11-7-9-15-8-5-6-10-16(15)17)14-24-23(27)18-12-21(30-3)22(31-4)13-19(18)26(28)29/h5-13,20H,14H2,1-4H3,(H,24,27). The summed E-state index contributed by atoms with van der Waals surface area (Å²) in [6.45, 7) is 0.269. The van der Waals surface area contributed by atoms with Crippen molar-refractivity contribution >= 4 is 22.4 Å². The van der Waals surface area contributed by atoms with Crippen molar-refractivity contribution in [2.75, 3.05) is 34.9 Å². The minimum atomic E-state index is -0.606. The number of hydrogen-bond donors (Lipinski definition) is 1. The van der Waals surface area contributed by atoms with Gasteiger partial charge >= 0.3 is 0 Å². The molecule has 0 fully saturated rings. The SMILES string of the molecule is COc1cc(C(=O)NCC(c2cccc3ccccc23)N(C)C)c([N+](=O)[O-])cc1OC. The van der Waals surface area contributed by atoms with Crippen LogP contribution in [-0.2, 0) is 0 Å². The molecule has 8 nitrogen and oxygen atoms in total. The molecule has 1 atom stereocenters. The number of fused-ring (bicyclic) bond motifs is 1. The van der Waals surface area contributed by atoms with Crippen LogP contribution < -0.4 is 14.8 Å². The van der Waals surface area contributed by atoms with Crippen molar-refractivity contribution in [1.82, 2.24) is 10.2 Å². The second-order valence-corrected chi connectivity index (χ2v) is 7.24. The van der Waals surface area contributed by atoms with Gasteiger partial charge in [0.2, 0.25) is 0 Å². The van der Waals surface area contributed by atoms with E-state index in [1.165, 1.54) is 26.4 Å². The molecule has 8 heteroatoms. The van der Waals surface area contributed by atoms with Gasteiger partial charge in [-0.3, -0.25) is 14.9 Å². The van der Waals surface area contributed by atoms with Crippen LogP contribution in [0.25, 0.3) is 10.8 Å². The predicted molar refractivity (Wildman–Crippen MR) is 119 cm³/mol. The van der Waals surface area contributed by atoms with E-state index in [1.807, 2.05) is 61.5 Å². The Morgan fingerprint density at radius 2 is 1.71 bits per heavy atom. The van der Waals surface area contributed by atoms with Gasteiger partial charge in [0.1, 0.15) is 5.56 Å². The second-order valence-electron chi connectivity index (χ2n) is 7.24. The highest BCUT2D eigenvalue weighted by molar-refractivity contribution is 5.99. The van der Waals surface area contributed by atoms with Crippen LogP contribution in [0, 0.1) is 10.1 Å². The fourth-order valence-corrected chi connectivity index (χ4v) is 3.60. The first-order valence-electron chi connectivity index (χ1n) is 9.70. The van der Waals surface area contributed by atoms with Crippen LogP contribution in [0.15, 0.2) is 54.6 Å². The molecular formula is C23H25N3O5. The summed E-state index contributed by atoms with van der Waals surface area (Å²) in [5.74, 6) is -0.121. The molecule has 3 aromatic rings. The van der Waals surface area contributed by atoms with Crippen LogP contribution in [0.2, 0.25) is 0 Å². The van der Waals surface area contributed by atoms with Crippen LogP contribution >= 0.6 is 0 Å². The number of likely N-dealkylation sites (N-methyl/N-ethyl adjacent to an activating group) is 1. The van der Waals surface area contributed by atoms with E-state index in [0.29, 0.717) is 0 Å². The van der Waals surface area contributed by atoms with Gasteiger partial charge in [0.15, 0.2) is 11.5 Å². The lowest BCUT2D eigenvalue weighted by Gasteiger charge is -2.26. The Kier molecular flexibility index (Phi) is 6.71. The quantitative estimate of drug-likeness (QED) is 0.438. The third-order valence-electron chi connectivity index (χ3n) is 5.20. The molecule has 3 aromatic carbocycles. The summed E-state index contributed by atoms with van der Waals surface area (Å²) in [6.07, 6.45) is 0. The van der Waals surface area contributed by atoms with Crippen LogP contribution in [0.1, 0.15) is 22.0 Å². The van der Waals surface area contributed by atoms with E-state index in [9.17, 15) is 14.9 Å². The fourth-order valence-electron chi connectivity index (χ4n) is 3.60. The first-order chi connectivity index (χ1) is 14.9. The van der Waals surface area contributed by atoms with Crippen molar-refractivity contribution in [3.63, 3.8) is 0 Å². The van der Waals surface area contributed by atoms with Crippen LogP contribution in [0.4, 0.5) is 5.69 Å². The van der Waals surface area contributed by atoms with Crippen molar-refractivity contribution in [2.45, 2.75) is 6.04 Å². The number of nitro groups is 1. The minimum absolute atomic E-state index is 0.0851. The smallest absolute Gasteiger partial charge is 0.286 e. The van der Waals surface area contributed by atoms with Gasteiger partial charge in [0.25, 0.3) is 11.6 Å². The van der Waals surface area contributed by atoms with Gasteiger partial charge in [-0.1, -0.05) is 42.5 Å². The van der Waals surface area contributed by atoms with Gasteiger partial charge < -0.3 is 19.7 Å². The van der Waals surface area contributed by atoms with E-state index >= 15 is 0 Å². The Morgan fingerprint density at radius 1 is 1.06 bits per heavy atom. The largest absolute Gasteiger partial charge is 0.493 e. The summed E-state index contributed by atoms with van der Waals surface area (Å²) in [6, 6.07) is 16.5. The molecule has 1 amide bonds. The van der Waals surface area contributed by atoms with Gasteiger partial charge in [0, 0.05) is 12.6 Å². The maximum atomic E-state index is 12.9. The molecule has 0 radical (unpaired) electrons. The number of benzene rings is 3. The Hall–Kier alpha value is -3.65. The molecule has 3 rings (SSSR count). The molecule has 1 unspecified atom stereocenters. The van der Waals surface area contributed by atoms with Crippen LogP contribution in [0.5, 0.6) is 11.5 Å². The maximum absolute atomic E-state index is 12.9. The Morgan fingerprint density at radius 3 is 2.35 bits per heavy atom. The van der Waals surface area contributed by atoms with Crippen molar-refractivity contribution in [3.05, 3.63) is 75.8 Å². The molecular weight excluding hydrogens is 398 g/mol. The van der Waals surface area contributed by atoms with Crippen molar-refractivity contribution in [3.8, 4) is 11.5 Å². The van der Waals surface area contributed by atoms with Gasteiger partial charge in [0.05, 0.1) is 31.3 Å². The number of rotatable bonds is 8. The highest BCUT2D eigenvalue weighted by Gasteiger charge is 2.26. The average molecular weight is 423 g/mol. The molecule has 162 valence electrons. The summed E-state index contributed by atoms with van der Waals surface area (Å²) in [5, 5.41) is 16.6. The highest BCUT2D eigenvalue weighted by atomic mass is 16.6. The van der Waals surface area contributed by atoms with Gasteiger partial charge in [-0.05, 0) is 30.4 Å². The second kappa shape index (κ2) is 9.44. The number of methoxy groups -OCH3 is 2. The van der Waals surface area contributed by atoms with Crippen molar-refractivity contribution < 1.29 is 19.2 Å². The molecule has 0 saturated heterocycles. The monoisotopic (exact) mass is 423 g/mol. The molecule has 0 bridgehead atoms. The lowest BCUT2D eigenvalue weighted by Crippen LogP contribution is -2.35.